The fourth-order valence-corrected chi connectivity index (χ4v) is 3.51. The molecule has 8 heteroatoms. The van der Waals surface area contributed by atoms with Crippen LogP contribution in [0.15, 0.2) is 46.9 Å². The van der Waals surface area contributed by atoms with Crippen LogP contribution in [0.25, 0.3) is 10.9 Å². The van der Waals surface area contributed by atoms with E-state index in [-0.39, 0.29) is 10.2 Å². The van der Waals surface area contributed by atoms with Crippen LogP contribution in [-0.4, -0.2) is 23.5 Å². The van der Waals surface area contributed by atoms with Crippen LogP contribution in [0.5, 0.6) is 0 Å². The van der Waals surface area contributed by atoms with Gasteiger partial charge in [-0.3, -0.25) is 9.78 Å². The molecule has 0 radical (unpaired) electrons. The number of halogens is 3. The Morgan fingerprint density at radius 2 is 1.93 bits per heavy atom. The summed E-state index contributed by atoms with van der Waals surface area (Å²) in [6, 6.07) is 10.6. The second-order valence-corrected chi connectivity index (χ2v) is 7.61. The number of carbonyl (C=O) groups is 2. The first-order chi connectivity index (χ1) is 13.9. The highest BCUT2D eigenvalue weighted by molar-refractivity contribution is 9.10. The van der Waals surface area contributed by atoms with Gasteiger partial charge in [-0.2, -0.15) is 0 Å². The van der Waals surface area contributed by atoms with Crippen LogP contribution in [0.1, 0.15) is 34.8 Å². The molecular formula is C21H15BrF2N2O3. The summed E-state index contributed by atoms with van der Waals surface area (Å²) in [6.45, 7) is -0.614. The van der Waals surface area contributed by atoms with Crippen LogP contribution < -0.4 is 5.32 Å². The van der Waals surface area contributed by atoms with Crippen LogP contribution in [0.3, 0.4) is 0 Å². The number of aromatic nitrogens is 1. The predicted molar refractivity (Wildman–Crippen MR) is 107 cm³/mol. The topological polar surface area (TPSA) is 68.3 Å². The van der Waals surface area contributed by atoms with Crippen molar-refractivity contribution in [2.45, 2.75) is 18.8 Å². The summed E-state index contributed by atoms with van der Waals surface area (Å²) in [4.78, 5) is 29.3. The number of amides is 1. The van der Waals surface area contributed by atoms with E-state index >= 15 is 0 Å². The maximum absolute atomic E-state index is 13.8. The van der Waals surface area contributed by atoms with Gasteiger partial charge in [-0.25, -0.2) is 13.6 Å². The van der Waals surface area contributed by atoms with E-state index in [0.29, 0.717) is 28.5 Å². The molecule has 1 aliphatic carbocycles. The van der Waals surface area contributed by atoms with Gasteiger partial charge in [-0.15, -0.1) is 0 Å². The number of carbonyl (C=O) groups excluding carboxylic acids is 2. The lowest BCUT2D eigenvalue weighted by Crippen LogP contribution is -2.22. The molecule has 1 N–H and O–H groups in total. The largest absolute Gasteiger partial charge is 0.452 e. The molecule has 1 amide bonds. The number of rotatable bonds is 5. The van der Waals surface area contributed by atoms with Gasteiger partial charge in [-0.05, 0) is 47.0 Å². The van der Waals surface area contributed by atoms with E-state index in [9.17, 15) is 18.4 Å². The SMILES string of the molecule is O=C(COC(=O)c1cc(C2CC2)nc2ccccc12)Nc1c(F)cc(F)cc1Br. The fraction of sp³-hybridized carbons (Fsp3) is 0.190. The van der Waals surface area contributed by atoms with Crippen LogP contribution in [0, 0.1) is 11.6 Å². The Bertz CT molecular complexity index is 1110. The highest BCUT2D eigenvalue weighted by Gasteiger charge is 2.27. The lowest BCUT2D eigenvalue weighted by Gasteiger charge is -2.11. The molecule has 2 aromatic carbocycles. The molecule has 1 fully saturated rings. The predicted octanol–water partition coefficient (Wildman–Crippen LogP) is 4.95. The lowest BCUT2D eigenvalue weighted by atomic mass is 10.1. The molecular weight excluding hydrogens is 446 g/mol. The lowest BCUT2D eigenvalue weighted by molar-refractivity contribution is -0.119. The summed E-state index contributed by atoms with van der Waals surface area (Å²) in [6.07, 6.45) is 2.06. The molecule has 1 aliphatic rings. The van der Waals surface area contributed by atoms with Crippen molar-refractivity contribution in [3.8, 4) is 0 Å². The second kappa shape index (κ2) is 7.87. The van der Waals surface area contributed by atoms with Gasteiger partial charge in [0.25, 0.3) is 5.91 Å². The summed E-state index contributed by atoms with van der Waals surface area (Å²) in [5, 5.41) is 2.91. The summed E-state index contributed by atoms with van der Waals surface area (Å²) in [5.41, 5.74) is 1.63. The molecule has 0 bridgehead atoms. The monoisotopic (exact) mass is 460 g/mol. The Morgan fingerprint density at radius 3 is 2.66 bits per heavy atom. The number of esters is 1. The van der Waals surface area contributed by atoms with Gasteiger partial charge in [0.2, 0.25) is 0 Å². The summed E-state index contributed by atoms with van der Waals surface area (Å²) in [7, 11) is 0. The molecule has 0 atom stereocenters. The molecule has 29 heavy (non-hydrogen) atoms. The van der Waals surface area contributed by atoms with Crippen LogP contribution in [0.2, 0.25) is 0 Å². The van der Waals surface area contributed by atoms with Crippen molar-refractivity contribution in [2.75, 3.05) is 11.9 Å². The van der Waals surface area contributed by atoms with E-state index in [1.807, 2.05) is 12.1 Å². The van der Waals surface area contributed by atoms with E-state index in [0.717, 1.165) is 24.6 Å². The highest BCUT2D eigenvalue weighted by Crippen LogP contribution is 2.40. The third-order valence-corrected chi connectivity index (χ3v) is 5.18. The Morgan fingerprint density at radius 1 is 1.17 bits per heavy atom. The second-order valence-electron chi connectivity index (χ2n) is 6.75. The van der Waals surface area contributed by atoms with Gasteiger partial charge in [0.05, 0.1) is 16.8 Å². The zero-order chi connectivity index (χ0) is 20.5. The van der Waals surface area contributed by atoms with Crippen molar-refractivity contribution in [1.29, 1.82) is 0 Å². The average Bonchev–Trinajstić information content (AvgIpc) is 3.53. The molecule has 1 heterocycles. The first-order valence-electron chi connectivity index (χ1n) is 8.93. The number of ether oxygens (including phenoxy) is 1. The molecule has 3 aromatic rings. The van der Waals surface area contributed by atoms with Crippen molar-refractivity contribution in [3.63, 3.8) is 0 Å². The average molecular weight is 461 g/mol. The molecule has 0 aliphatic heterocycles. The van der Waals surface area contributed by atoms with Crippen molar-refractivity contribution in [2.24, 2.45) is 0 Å². The van der Waals surface area contributed by atoms with Crippen molar-refractivity contribution in [3.05, 3.63) is 69.8 Å². The minimum Gasteiger partial charge on any atom is -0.452 e. The summed E-state index contributed by atoms with van der Waals surface area (Å²) < 4.78 is 32.2. The third-order valence-electron chi connectivity index (χ3n) is 4.56. The first kappa shape index (κ1) is 19.4. The maximum Gasteiger partial charge on any atom is 0.339 e. The van der Waals surface area contributed by atoms with E-state index in [4.69, 9.17) is 4.74 Å². The molecule has 0 spiro atoms. The summed E-state index contributed by atoms with van der Waals surface area (Å²) in [5.74, 6) is -2.79. The summed E-state index contributed by atoms with van der Waals surface area (Å²) >= 11 is 2.99. The van der Waals surface area contributed by atoms with Gasteiger partial charge in [-0.1, -0.05) is 18.2 Å². The Labute approximate surface area is 173 Å². The van der Waals surface area contributed by atoms with Crippen molar-refractivity contribution in [1.82, 2.24) is 4.98 Å². The Balaban J connectivity index is 1.49. The zero-order valence-corrected chi connectivity index (χ0v) is 16.6. The van der Waals surface area contributed by atoms with Gasteiger partial charge in [0, 0.05) is 27.5 Å². The van der Waals surface area contributed by atoms with Gasteiger partial charge >= 0.3 is 5.97 Å². The number of para-hydroxylation sites is 1. The molecule has 148 valence electrons. The number of hydrogen-bond acceptors (Lipinski definition) is 4. The zero-order valence-electron chi connectivity index (χ0n) is 15.0. The van der Waals surface area contributed by atoms with E-state index in [1.165, 1.54) is 0 Å². The third kappa shape index (κ3) is 4.27. The van der Waals surface area contributed by atoms with Gasteiger partial charge in [0.1, 0.15) is 5.82 Å². The number of hydrogen-bond donors (Lipinski definition) is 1. The number of anilines is 1. The molecule has 5 nitrogen and oxygen atoms in total. The van der Waals surface area contributed by atoms with Crippen LogP contribution >= 0.6 is 15.9 Å². The number of benzene rings is 2. The highest BCUT2D eigenvalue weighted by atomic mass is 79.9. The maximum atomic E-state index is 13.8. The van der Waals surface area contributed by atoms with E-state index < -0.39 is 30.1 Å². The smallest absolute Gasteiger partial charge is 0.339 e. The van der Waals surface area contributed by atoms with Gasteiger partial charge < -0.3 is 10.1 Å². The molecule has 1 aromatic heterocycles. The fourth-order valence-electron chi connectivity index (χ4n) is 3.00. The van der Waals surface area contributed by atoms with E-state index in [1.54, 1.807) is 18.2 Å². The van der Waals surface area contributed by atoms with Crippen LogP contribution in [-0.2, 0) is 9.53 Å². The van der Waals surface area contributed by atoms with E-state index in [2.05, 4.69) is 26.2 Å². The molecule has 0 saturated heterocycles. The van der Waals surface area contributed by atoms with Crippen molar-refractivity contribution >= 4 is 44.4 Å². The minimum absolute atomic E-state index is 0.0453. The number of fused-ring (bicyclic) bond motifs is 1. The van der Waals surface area contributed by atoms with Gasteiger partial charge in [0.15, 0.2) is 12.4 Å². The van der Waals surface area contributed by atoms with Crippen LogP contribution in [0.4, 0.5) is 14.5 Å². The number of nitrogens with zero attached hydrogens (tertiary/aromatic N) is 1. The molecule has 4 rings (SSSR count). The minimum atomic E-state index is -0.939. The Hall–Kier alpha value is -2.87. The number of nitrogens with one attached hydrogen (secondary N) is 1. The number of pyridine rings is 1. The molecule has 0 unspecified atom stereocenters. The first-order valence-corrected chi connectivity index (χ1v) is 9.73. The quantitative estimate of drug-likeness (QED) is 0.547. The van der Waals surface area contributed by atoms with Crippen molar-refractivity contribution < 1.29 is 23.1 Å². The molecule has 1 saturated carbocycles. The Kier molecular flexibility index (Phi) is 5.27. The normalized spacial score (nSPS) is 13.3. The standard InChI is InChI=1S/C21H15BrF2N2O3/c22-15-7-12(23)8-16(24)20(15)26-19(27)10-29-21(28)14-9-18(11-5-6-11)25-17-4-2-1-3-13(14)17/h1-4,7-9,11H,5-6,10H2,(H,26,27).